The number of nitrogens with zero attached hydrogens (tertiary/aromatic N) is 3. The van der Waals surface area contributed by atoms with Crippen molar-refractivity contribution >= 4 is 11.8 Å². The first kappa shape index (κ1) is 23.6. The Kier molecular flexibility index (Phi) is 7.38. The van der Waals surface area contributed by atoms with Crippen LogP contribution in [-0.4, -0.2) is 60.5 Å². The van der Waals surface area contributed by atoms with E-state index in [9.17, 15) is 9.59 Å². The van der Waals surface area contributed by atoms with Crippen LogP contribution in [0.1, 0.15) is 48.3 Å². The van der Waals surface area contributed by atoms with Crippen LogP contribution < -0.4 is 9.47 Å². The Balaban J connectivity index is 1.95. The van der Waals surface area contributed by atoms with Crippen LogP contribution in [0, 0.1) is 12.3 Å². The molecule has 2 aromatic rings. The van der Waals surface area contributed by atoms with Gasteiger partial charge in [0.1, 0.15) is 6.61 Å². The number of pyridine rings is 1. The van der Waals surface area contributed by atoms with Gasteiger partial charge in [-0.15, -0.1) is 0 Å². The Hall–Kier alpha value is -3.09. The van der Waals surface area contributed by atoms with E-state index in [0.717, 1.165) is 18.4 Å². The number of hydrogen-bond acceptors (Lipinski definition) is 5. The molecule has 2 amide bonds. The van der Waals surface area contributed by atoms with Crippen molar-refractivity contribution in [2.75, 3.05) is 33.9 Å². The second kappa shape index (κ2) is 10.0. The molecule has 0 aliphatic carbocycles. The minimum Gasteiger partial charge on any atom is -0.493 e. The first-order valence-corrected chi connectivity index (χ1v) is 11.0. The lowest BCUT2D eigenvalue weighted by molar-refractivity contribution is -0.140. The number of ether oxygens (including phenoxy) is 2. The smallest absolute Gasteiger partial charge is 0.255 e. The highest BCUT2D eigenvalue weighted by Crippen LogP contribution is 2.31. The van der Waals surface area contributed by atoms with Gasteiger partial charge in [-0.3, -0.25) is 14.6 Å². The summed E-state index contributed by atoms with van der Waals surface area (Å²) in [6.07, 6.45) is 3.29. The molecule has 32 heavy (non-hydrogen) atoms. The molecule has 1 aromatic heterocycles. The van der Waals surface area contributed by atoms with E-state index in [1.54, 1.807) is 24.3 Å². The highest BCUT2D eigenvalue weighted by atomic mass is 16.5. The Morgan fingerprint density at radius 3 is 2.66 bits per heavy atom. The van der Waals surface area contributed by atoms with Crippen LogP contribution in [0.15, 0.2) is 36.5 Å². The number of aromatic nitrogens is 1. The zero-order valence-electron chi connectivity index (χ0n) is 19.7. The predicted octanol–water partition coefficient (Wildman–Crippen LogP) is 3.70. The van der Waals surface area contributed by atoms with Gasteiger partial charge in [-0.2, -0.15) is 0 Å². The monoisotopic (exact) mass is 439 g/mol. The van der Waals surface area contributed by atoms with Gasteiger partial charge in [0.25, 0.3) is 5.91 Å². The third-order valence-electron chi connectivity index (χ3n) is 5.81. The van der Waals surface area contributed by atoms with Gasteiger partial charge < -0.3 is 19.3 Å². The molecule has 172 valence electrons. The highest BCUT2D eigenvalue weighted by molar-refractivity contribution is 5.95. The predicted molar refractivity (Wildman–Crippen MR) is 123 cm³/mol. The summed E-state index contributed by atoms with van der Waals surface area (Å²) in [5, 5.41) is 0. The number of carbonyl (C=O) groups excluding carboxylic acids is 2. The average Bonchev–Trinajstić information content (AvgIpc) is 2.78. The van der Waals surface area contributed by atoms with Crippen molar-refractivity contribution < 1.29 is 19.1 Å². The molecule has 0 unspecified atom stereocenters. The van der Waals surface area contributed by atoms with Crippen molar-refractivity contribution in [1.82, 2.24) is 14.8 Å². The van der Waals surface area contributed by atoms with E-state index in [1.165, 1.54) is 0 Å². The van der Waals surface area contributed by atoms with Crippen molar-refractivity contribution in [2.24, 2.45) is 5.41 Å². The van der Waals surface area contributed by atoms with Gasteiger partial charge in [0.05, 0.1) is 18.1 Å². The van der Waals surface area contributed by atoms with Crippen LogP contribution in [0.25, 0.3) is 0 Å². The highest BCUT2D eigenvalue weighted by Gasteiger charge is 2.32. The quantitative estimate of drug-likeness (QED) is 0.714. The molecule has 0 saturated heterocycles. The van der Waals surface area contributed by atoms with Crippen LogP contribution in [0.5, 0.6) is 11.5 Å². The fourth-order valence-corrected chi connectivity index (χ4v) is 3.88. The van der Waals surface area contributed by atoms with E-state index in [0.29, 0.717) is 42.4 Å². The number of rotatable bonds is 2. The van der Waals surface area contributed by atoms with E-state index in [4.69, 9.17) is 9.47 Å². The Morgan fingerprint density at radius 1 is 1.19 bits per heavy atom. The molecule has 0 saturated carbocycles. The molecule has 2 bridgehead atoms. The maximum absolute atomic E-state index is 13.3. The minimum atomic E-state index is -0.667. The van der Waals surface area contributed by atoms with E-state index >= 15 is 0 Å². The normalized spacial score (nSPS) is 17.3. The first-order chi connectivity index (χ1) is 15.2. The van der Waals surface area contributed by atoms with Gasteiger partial charge in [-0.05, 0) is 63.4 Å². The number of methoxy groups -OCH3 is 1. The average molecular weight is 440 g/mol. The summed E-state index contributed by atoms with van der Waals surface area (Å²) >= 11 is 0. The van der Waals surface area contributed by atoms with Gasteiger partial charge in [0, 0.05) is 38.6 Å². The second-order valence-corrected chi connectivity index (χ2v) is 8.95. The largest absolute Gasteiger partial charge is 0.493 e. The molecule has 1 aromatic carbocycles. The molecule has 0 spiro atoms. The summed E-state index contributed by atoms with van der Waals surface area (Å²) in [6.45, 7) is 7.53. The summed E-state index contributed by atoms with van der Waals surface area (Å²) in [7, 11) is 3.41. The molecule has 2 heterocycles. The molecule has 7 heteroatoms. The Bertz CT molecular complexity index is 973. The molecule has 1 aliphatic heterocycles. The van der Waals surface area contributed by atoms with Crippen LogP contribution in [0.3, 0.4) is 0 Å². The lowest BCUT2D eigenvalue weighted by Crippen LogP contribution is -2.42. The lowest BCUT2D eigenvalue weighted by Gasteiger charge is -2.30. The maximum Gasteiger partial charge on any atom is 0.255 e. The fourth-order valence-electron chi connectivity index (χ4n) is 3.88. The number of hydrogen-bond donors (Lipinski definition) is 0. The zero-order chi connectivity index (χ0) is 23.3. The third kappa shape index (κ3) is 5.39. The Morgan fingerprint density at radius 2 is 1.94 bits per heavy atom. The number of carbonyl (C=O) groups is 2. The van der Waals surface area contributed by atoms with Gasteiger partial charge in [-0.1, -0.05) is 6.07 Å². The maximum atomic E-state index is 13.3. The minimum absolute atomic E-state index is 0.0311. The van der Waals surface area contributed by atoms with E-state index in [-0.39, 0.29) is 18.4 Å². The van der Waals surface area contributed by atoms with Crippen LogP contribution >= 0.6 is 0 Å². The fraction of sp³-hybridized carbons (Fsp3) is 0.480. The standard InChI is InChI=1S/C25H33N3O4/c1-18-20(9-8-12-26-18)23(29)28-14-7-6-13-27(4)24(30)25(2,3)17-32-22-15-19(16-28)10-11-21(22)31-5/h8-12,15H,6-7,13-14,16-17H2,1-5H3. The van der Waals surface area contributed by atoms with E-state index < -0.39 is 5.41 Å². The van der Waals surface area contributed by atoms with Crippen LogP contribution in [0.2, 0.25) is 0 Å². The van der Waals surface area contributed by atoms with E-state index in [2.05, 4.69) is 4.98 Å². The summed E-state index contributed by atoms with van der Waals surface area (Å²) in [6, 6.07) is 9.28. The molecule has 1 aliphatic rings. The summed E-state index contributed by atoms with van der Waals surface area (Å²) < 4.78 is 11.5. The number of aryl methyl sites for hydroxylation is 1. The molecule has 7 nitrogen and oxygen atoms in total. The summed E-state index contributed by atoms with van der Waals surface area (Å²) in [5.41, 5.74) is 1.59. The van der Waals surface area contributed by atoms with Gasteiger partial charge >= 0.3 is 0 Å². The second-order valence-electron chi connectivity index (χ2n) is 8.95. The number of fused-ring (bicyclic) bond motifs is 2. The SMILES string of the molecule is COc1ccc2cc1OCC(C)(C)C(=O)N(C)CCCCN(C(=O)c1cccnc1C)C2. The number of amides is 2. The summed E-state index contributed by atoms with van der Waals surface area (Å²) in [4.78, 5) is 34.2. The first-order valence-electron chi connectivity index (χ1n) is 11.0. The van der Waals surface area contributed by atoms with Crippen molar-refractivity contribution in [3.8, 4) is 11.5 Å². The van der Waals surface area contributed by atoms with Crippen LogP contribution in [0.4, 0.5) is 0 Å². The Labute approximate surface area is 190 Å². The van der Waals surface area contributed by atoms with Crippen molar-refractivity contribution in [2.45, 2.75) is 40.2 Å². The van der Waals surface area contributed by atoms with Gasteiger partial charge in [0.2, 0.25) is 5.91 Å². The molecule has 0 fully saturated rings. The molecule has 0 atom stereocenters. The third-order valence-corrected chi connectivity index (χ3v) is 5.81. The zero-order valence-corrected chi connectivity index (χ0v) is 19.7. The number of benzene rings is 1. The van der Waals surface area contributed by atoms with Gasteiger partial charge in [0.15, 0.2) is 11.5 Å². The summed E-state index contributed by atoms with van der Waals surface area (Å²) in [5.74, 6) is 1.14. The molecule has 0 N–H and O–H groups in total. The topological polar surface area (TPSA) is 72.0 Å². The van der Waals surface area contributed by atoms with E-state index in [1.807, 2.05) is 57.0 Å². The lowest BCUT2D eigenvalue weighted by atomic mass is 9.92. The van der Waals surface area contributed by atoms with Crippen molar-refractivity contribution in [3.05, 3.63) is 53.3 Å². The molecular formula is C25H33N3O4. The van der Waals surface area contributed by atoms with Crippen molar-refractivity contribution in [1.29, 1.82) is 0 Å². The van der Waals surface area contributed by atoms with Gasteiger partial charge in [-0.25, -0.2) is 0 Å². The van der Waals surface area contributed by atoms with Crippen molar-refractivity contribution in [3.63, 3.8) is 0 Å². The van der Waals surface area contributed by atoms with Crippen LogP contribution in [-0.2, 0) is 11.3 Å². The molecule has 0 radical (unpaired) electrons. The molecule has 3 rings (SSSR count). The molecular weight excluding hydrogens is 406 g/mol.